The van der Waals surface area contributed by atoms with Crippen molar-refractivity contribution in [2.75, 3.05) is 13.2 Å². The van der Waals surface area contributed by atoms with Crippen LogP contribution in [0.1, 0.15) is 47.0 Å². The molecule has 3 aromatic rings. The highest BCUT2D eigenvalue weighted by atomic mass is 19.4. The van der Waals surface area contributed by atoms with Gasteiger partial charge in [-0.15, -0.1) is 0 Å². The Balaban J connectivity index is 1.75. The summed E-state index contributed by atoms with van der Waals surface area (Å²) < 4.78 is 46.9. The maximum Gasteiger partial charge on any atom is 0.416 e. The van der Waals surface area contributed by atoms with Crippen LogP contribution >= 0.6 is 0 Å². The van der Waals surface area contributed by atoms with Gasteiger partial charge in [-0.1, -0.05) is 0 Å². The Kier molecular flexibility index (Phi) is 5.65. The smallest absolute Gasteiger partial charge is 0.381 e. The van der Waals surface area contributed by atoms with Gasteiger partial charge < -0.3 is 14.6 Å². The summed E-state index contributed by atoms with van der Waals surface area (Å²) in [6.07, 6.45) is -0.861. The molecule has 1 saturated heterocycles. The molecule has 1 amide bonds. The molecule has 0 radical (unpaired) electrons. The SMILES string of the molecule is CCn1c([C@H](NC(=O)c2cnc(C)cn2)[C@H]2CCOC2)nc2cc(C(F)(F)F)ccc21. The summed E-state index contributed by atoms with van der Waals surface area (Å²) in [4.78, 5) is 25.6. The number of aryl methyl sites for hydroxylation is 2. The molecule has 0 unspecified atom stereocenters. The number of ether oxygens (including phenoxy) is 1. The number of nitrogens with one attached hydrogen (secondary N) is 1. The highest BCUT2D eigenvalue weighted by Gasteiger charge is 2.34. The number of imidazole rings is 1. The third-order valence-electron chi connectivity index (χ3n) is 5.44. The molecule has 2 atom stereocenters. The zero-order valence-electron chi connectivity index (χ0n) is 17.1. The highest BCUT2D eigenvalue weighted by Crippen LogP contribution is 2.34. The van der Waals surface area contributed by atoms with Crippen LogP contribution in [0.2, 0.25) is 0 Å². The van der Waals surface area contributed by atoms with Crippen LogP contribution in [-0.2, 0) is 17.5 Å². The number of fused-ring (bicyclic) bond motifs is 1. The maximum absolute atomic E-state index is 13.2. The second-order valence-electron chi connectivity index (χ2n) is 7.53. The van der Waals surface area contributed by atoms with Crippen molar-refractivity contribution in [2.45, 2.75) is 39.0 Å². The van der Waals surface area contributed by atoms with Crippen molar-refractivity contribution in [2.24, 2.45) is 5.92 Å². The molecule has 1 fully saturated rings. The fourth-order valence-electron chi connectivity index (χ4n) is 3.83. The third-order valence-corrected chi connectivity index (χ3v) is 5.44. The van der Waals surface area contributed by atoms with Crippen molar-refractivity contribution in [3.05, 3.63) is 53.4 Å². The Morgan fingerprint density at radius 3 is 2.74 bits per heavy atom. The zero-order valence-corrected chi connectivity index (χ0v) is 17.1. The Labute approximate surface area is 176 Å². The van der Waals surface area contributed by atoms with E-state index in [1.54, 1.807) is 6.92 Å². The van der Waals surface area contributed by atoms with Crippen LogP contribution in [0.25, 0.3) is 11.0 Å². The Bertz CT molecular complexity index is 1090. The molecule has 1 N–H and O–H groups in total. The van der Waals surface area contributed by atoms with Crippen molar-refractivity contribution in [1.82, 2.24) is 24.8 Å². The standard InChI is InChI=1S/C21H22F3N5O2/c1-3-29-17-5-4-14(21(22,23)24)8-15(17)27-19(29)18(13-6-7-31-11-13)28-20(30)16-10-25-12(2)9-26-16/h4-5,8-10,13,18H,3,6-7,11H2,1-2H3,(H,28,30)/t13-,18+/m0/s1. The largest absolute Gasteiger partial charge is 0.416 e. The molecule has 0 saturated carbocycles. The summed E-state index contributed by atoms with van der Waals surface area (Å²) in [6.45, 7) is 5.11. The molecule has 1 aliphatic rings. The van der Waals surface area contributed by atoms with Crippen LogP contribution in [-0.4, -0.2) is 38.6 Å². The molecule has 1 aromatic carbocycles. The molecule has 0 bridgehead atoms. The predicted molar refractivity (Wildman–Crippen MR) is 106 cm³/mol. The number of hydrogen-bond acceptors (Lipinski definition) is 5. The number of halogens is 3. The van der Waals surface area contributed by atoms with Gasteiger partial charge in [0.15, 0.2) is 0 Å². The van der Waals surface area contributed by atoms with Crippen LogP contribution in [0.3, 0.4) is 0 Å². The van der Waals surface area contributed by atoms with E-state index in [4.69, 9.17) is 4.74 Å². The van der Waals surface area contributed by atoms with Gasteiger partial charge in [-0.05, 0) is 38.5 Å². The van der Waals surface area contributed by atoms with E-state index >= 15 is 0 Å². The molecule has 3 heterocycles. The van der Waals surface area contributed by atoms with Crippen LogP contribution in [0.5, 0.6) is 0 Å². The zero-order chi connectivity index (χ0) is 22.2. The predicted octanol–water partition coefficient (Wildman–Crippen LogP) is 3.68. The topological polar surface area (TPSA) is 81.9 Å². The Morgan fingerprint density at radius 2 is 2.13 bits per heavy atom. The number of amides is 1. The third kappa shape index (κ3) is 4.25. The Hall–Kier alpha value is -3.01. The van der Waals surface area contributed by atoms with E-state index in [9.17, 15) is 18.0 Å². The van der Waals surface area contributed by atoms with E-state index in [0.29, 0.717) is 43.2 Å². The quantitative estimate of drug-likeness (QED) is 0.664. The first-order chi connectivity index (χ1) is 14.8. The summed E-state index contributed by atoms with van der Waals surface area (Å²) in [7, 11) is 0. The van der Waals surface area contributed by atoms with E-state index in [-0.39, 0.29) is 17.1 Å². The van der Waals surface area contributed by atoms with Gasteiger partial charge in [0, 0.05) is 25.3 Å². The fourth-order valence-corrected chi connectivity index (χ4v) is 3.83. The van der Waals surface area contributed by atoms with Gasteiger partial charge in [-0.25, -0.2) is 9.97 Å². The molecular weight excluding hydrogens is 411 g/mol. The molecule has 7 nitrogen and oxygen atoms in total. The number of carbonyl (C=O) groups is 1. The number of carbonyl (C=O) groups excluding carboxylic acids is 1. The van der Waals surface area contributed by atoms with Crippen LogP contribution in [0.4, 0.5) is 13.2 Å². The molecule has 4 rings (SSSR count). The number of benzene rings is 1. The average molecular weight is 433 g/mol. The average Bonchev–Trinajstić information content (AvgIpc) is 3.39. The number of alkyl halides is 3. The van der Waals surface area contributed by atoms with Gasteiger partial charge in [0.1, 0.15) is 11.5 Å². The van der Waals surface area contributed by atoms with Crippen molar-refractivity contribution in [3.63, 3.8) is 0 Å². The summed E-state index contributed by atoms with van der Waals surface area (Å²) in [5.74, 6) is 0.0161. The lowest BCUT2D eigenvalue weighted by atomic mass is 9.98. The van der Waals surface area contributed by atoms with E-state index in [1.807, 2.05) is 11.5 Å². The van der Waals surface area contributed by atoms with E-state index in [0.717, 1.165) is 12.1 Å². The first kappa shape index (κ1) is 21.2. The summed E-state index contributed by atoms with van der Waals surface area (Å²) in [5.41, 5.74) is 0.907. The lowest BCUT2D eigenvalue weighted by Crippen LogP contribution is -2.36. The number of aromatic nitrogens is 4. The monoisotopic (exact) mass is 433 g/mol. The second-order valence-corrected chi connectivity index (χ2v) is 7.53. The molecule has 0 aliphatic carbocycles. The van der Waals surface area contributed by atoms with Gasteiger partial charge in [-0.2, -0.15) is 13.2 Å². The lowest BCUT2D eigenvalue weighted by Gasteiger charge is -2.24. The van der Waals surface area contributed by atoms with Gasteiger partial charge in [0.25, 0.3) is 5.91 Å². The highest BCUT2D eigenvalue weighted by molar-refractivity contribution is 5.92. The minimum atomic E-state index is -4.46. The van der Waals surface area contributed by atoms with Crippen molar-refractivity contribution in [3.8, 4) is 0 Å². The Morgan fingerprint density at radius 1 is 1.32 bits per heavy atom. The van der Waals surface area contributed by atoms with Crippen molar-refractivity contribution in [1.29, 1.82) is 0 Å². The van der Waals surface area contributed by atoms with E-state index in [2.05, 4.69) is 20.3 Å². The number of hydrogen-bond donors (Lipinski definition) is 1. The molecule has 10 heteroatoms. The first-order valence-electron chi connectivity index (χ1n) is 10.0. The first-order valence-corrected chi connectivity index (χ1v) is 10.0. The van der Waals surface area contributed by atoms with Crippen LogP contribution in [0.15, 0.2) is 30.6 Å². The number of nitrogens with zero attached hydrogens (tertiary/aromatic N) is 4. The van der Waals surface area contributed by atoms with Gasteiger partial charge in [-0.3, -0.25) is 9.78 Å². The van der Waals surface area contributed by atoms with Gasteiger partial charge in [0.05, 0.1) is 41.1 Å². The summed E-state index contributed by atoms with van der Waals surface area (Å²) in [6, 6.07) is 2.97. The van der Waals surface area contributed by atoms with Crippen LogP contribution < -0.4 is 5.32 Å². The van der Waals surface area contributed by atoms with Gasteiger partial charge in [0.2, 0.25) is 0 Å². The molecule has 164 valence electrons. The molecule has 31 heavy (non-hydrogen) atoms. The summed E-state index contributed by atoms with van der Waals surface area (Å²) in [5, 5.41) is 2.96. The van der Waals surface area contributed by atoms with Crippen molar-refractivity contribution < 1.29 is 22.7 Å². The molecular formula is C21H22F3N5O2. The lowest BCUT2D eigenvalue weighted by molar-refractivity contribution is -0.137. The fraction of sp³-hybridized carbons (Fsp3) is 0.429. The van der Waals surface area contributed by atoms with Gasteiger partial charge >= 0.3 is 6.18 Å². The second kappa shape index (κ2) is 8.26. The minimum Gasteiger partial charge on any atom is -0.381 e. The van der Waals surface area contributed by atoms with Crippen LogP contribution in [0, 0.1) is 12.8 Å². The molecule has 0 spiro atoms. The van der Waals surface area contributed by atoms with Crippen molar-refractivity contribution >= 4 is 16.9 Å². The van der Waals surface area contributed by atoms with E-state index in [1.165, 1.54) is 18.5 Å². The maximum atomic E-state index is 13.2. The normalized spacial score (nSPS) is 17.8. The number of rotatable bonds is 5. The molecule has 1 aliphatic heterocycles. The van der Waals surface area contributed by atoms with E-state index < -0.39 is 23.7 Å². The minimum absolute atomic E-state index is 0.0634. The summed E-state index contributed by atoms with van der Waals surface area (Å²) >= 11 is 0. The molecule has 2 aromatic heterocycles.